The molecular weight excluding hydrogens is 346 g/mol. The van der Waals surface area contributed by atoms with E-state index in [0.29, 0.717) is 17.3 Å². The summed E-state index contributed by atoms with van der Waals surface area (Å²) in [6.07, 6.45) is 0. The maximum atomic E-state index is 12.0. The largest absolute Gasteiger partial charge is 0.351 e. The molecule has 0 unspecified atom stereocenters. The number of aromatic nitrogens is 4. The van der Waals surface area contributed by atoms with E-state index in [1.165, 1.54) is 11.8 Å². The first kappa shape index (κ1) is 16.5. The Bertz CT molecular complexity index is 1080. The van der Waals surface area contributed by atoms with Gasteiger partial charge in [-0.25, -0.2) is 4.98 Å². The van der Waals surface area contributed by atoms with E-state index in [-0.39, 0.29) is 11.7 Å². The van der Waals surface area contributed by atoms with Gasteiger partial charge in [-0.05, 0) is 24.6 Å². The molecule has 0 saturated carbocycles. The first-order valence-corrected chi connectivity index (χ1v) is 9.24. The zero-order chi connectivity index (χ0) is 17.9. The van der Waals surface area contributed by atoms with E-state index in [1.807, 2.05) is 49.4 Å². The number of hydrogen-bond donors (Lipinski definition) is 2. The van der Waals surface area contributed by atoms with Crippen molar-refractivity contribution in [2.24, 2.45) is 0 Å². The molecule has 0 spiro atoms. The molecule has 0 fully saturated rings. The molecule has 0 aliphatic rings. The van der Waals surface area contributed by atoms with Crippen molar-refractivity contribution in [2.45, 2.75) is 18.6 Å². The zero-order valence-corrected chi connectivity index (χ0v) is 15.0. The monoisotopic (exact) mass is 363 g/mol. The van der Waals surface area contributed by atoms with E-state index in [1.54, 1.807) is 0 Å². The highest BCUT2D eigenvalue weighted by Crippen LogP contribution is 2.24. The van der Waals surface area contributed by atoms with Crippen LogP contribution < -0.4 is 5.32 Å². The van der Waals surface area contributed by atoms with Gasteiger partial charge in [-0.1, -0.05) is 53.7 Å². The van der Waals surface area contributed by atoms with Gasteiger partial charge in [0, 0.05) is 17.4 Å². The molecule has 2 aromatic carbocycles. The normalized spacial score (nSPS) is 11.1. The first-order chi connectivity index (χ1) is 12.7. The number of carbonyl (C=O) groups is 1. The van der Waals surface area contributed by atoms with Crippen LogP contribution in [0.2, 0.25) is 0 Å². The summed E-state index contributed by atoms with van der Waals surface area (Å²) < 4.78 is 0. The predicted octanol–water partition coefficient (Wildman–Crippen LogP) is 3.22. The third kappa shape index (κ3) is 3.52. The number of aromatic amines is 1. The van der Waals surface area contributed by atoms with Gasteiger partial charge in [0.25, 0.3) is 0 Å². The number of hydrogen-bond acceptors (Lipinski definition) is 5. The van der Waals surface area contributed by atoms with Crippen LogP contribution in [-0.2, 0) is 11.3 Å². The average molecular weight is 363 g/mol. The molecule has 0 atom stereocenters. The smallest absolute Gasteiger partial charge is 0.230 e. The Hall–Kier alpha value is -2.93. The lowest BCUT2D eigenvalue weighted by molar-refractivity contribution is -0.118. The third-order valence-corrected chi connectivity index (χ3v) is 4.85. The molecule has 4 aromatic rings. The van der Waals surface area contributed by atoms with Crippen LogP contribution in [0.3, 0.4) is 0 Å². The number of carbonyl (C=O) groups excluding carboxylic acids is 1. The second kappa shape index (κ2) is 7.13. The van der Waals surface area contributed by atoms with Gasteiger partial charge in [-0.15, -0.1) is 10.2 Å². The van der Waals surface area contributed by atoms with Crippen LogP contribution >= 0.6 is 11.8 Å². The van der Waals surface area contributed by atoms with Gasteiger partial charge in [-0.3, -0.25) is 4.79 Å². The number of rotatable bonds is 5. The number of fused-ring (bicyclic) bond motifs is 3. The predicted molar refractivity (Wildman–Crippen MR) is 103 cm³/mol. The minimum Gasteiger partial charge on any atom is -0.351 e. The molecule has 0 aliphatic heterocycles. The highest BCUT2D eigenvalue weighted by atomic mass is 32.2. The van der Waals surface area contributed by atoms with Crippen molar-refractivity contribution in [3.05, 3.63) is 59.7 Å². The van der Waals surface area contributed by atoms with Crippen LogP contribution in [0.15, 0.2) is 53.7 Å². The molecule has 26 heavy (non-hydrogen) atoms. The lowest BCUT2D eigenvalue weighted by atomic mass is 10.2. The standard InChI is InChI=1S/C19H17N5OS/c1-12-7-8-15-14(9-12)17-18(21-15)22-19(24-23-17)26-11-16(25)20-10-13-5-3-2-4-6-13/h2-9H,10-11H2,1H3,(H,20,25)(H,21,22,24). The van der Waals surface area contributed by atoms with Crippen molar-refractivity contribution < 1.29 is 4.79 Å². The second-order valence-electron chi connectivity index (χ2n) is 6.02. The summed E-state index contributed by atoms with van der Waals surface area (Å²) in [4.78, 5) is 19.8. The van der Waals surface area contributed by atoms with Crippen molar-refractivity contribution >= 4 is 39.7 Å². The van der Waals surface area contributed by atoms with Crippen molar-refractivity contribution in [3.63, 3.8) is 0 Å². The topological polar surface area (TPSA) is 83.6 Å². The first-order valence-electron chi connectivity index (χ1n) is 8.25. The molecule has 7 heteroatoms. The summed E-state index contributed by atoms with van der Waals surface area (Å²) in [5, 5.41) is 12.8. The number of thioether (sulfide) groups is 1. The Kier molecular flexibility index (Phi) is 4.53. The molecule has 0 saturated heterocycles. The lowest BCUT2D eigenvalue weighted by Gasteiger charge is -2.04. The number of nitrogens with one attached hydrogen (secondary N) is 2. The SMILES string of the molecule is Cc1ccc2[nH]c3nc(SCC(=O)NCc4ccccc4)nnc3c2c1. The minimum absolute atomic E-state index is 0.0604. The second-order valence-corrected chi connectivity index (χ2v) is 6.96. The Morgan fingerprint density at radius 2 is 2.00 bits per heavy atom. The number of nitrogens with zero attached hydrogens (tertiary/aromatic N) is 3. The fourth-order valence-corrected chi connectivity index (χ4v) is 3.33. The summed E-state index contributed by atoms with van der Waals surface area (Å²) in [5.74, 6) is 0.189. The highest BCUT2D eigenvalue weighted by Gasteiger charge is 2.11. The number of H-pyrrole nitrogens is 1. The summed E-state index contributed by atoms with van der Waals surface area (Å²) in [6, 6.07) is 15.9. The van der Waals surface area contributed by atoms with Crippen molar-refractivity contribution in [1.29, 1.82) is 0 Å². The Balaban J connectivity index is 1.42. The molecule has 6 nitrogen and oxygen atoms in total. The number of benzene rings is 2. The van der Waals surface area contributed by atoms with Crippen LogP contribution in [0, 0.1) is 6.92 Å². The van der Waals surface area contributed by atoms with Gasteiger partial charge < -0.3 is 10.3 Å². The number of aryl methyl sites for hydroxylation is 1. The van der Waals surface area contributed by atoms with Crippen molar-refractivity contribution in [3.8, 4) is 0 Å². The molecule has 130 valence electrons. The molecule has 0 aliphatic carbocycles. The van der Waals surface area contributed by atoms with Gasteiger partial charge in [0.15, 0.2) is 5.65 Å². The lowest BCUT2D eigenvalue weighted by Crippen LogP contribution is -2.24. The highest BCUT2D eigenvalue weighted by molar-refractivity contribution is 7.99. The molecule has 1 amide bonds. The van der Waals surface area contributed by atoms with Crippen LogP contribution in [0.5, 0.6) is 0 Å². The van der Waals surface area contributed by atoms with E-state index < -0.39 is 0 Å². The Morgan fingerprint density at radius 1 is 1.15 bits per heavy atom. The summed E-state index contributed by atoms with van der Waals surface area (Å²) in [5.41, 5.74) is 4.65. The van der Waals surface area contributed by atoms with Crippen LogP contribution in [0.4, 0.5) is 0 Å². The summed E-state index contributed by atoms with van der Waals surface area (Å²) in [7, 11) is 0. The van der Waals surface area contributed by atoms with Crippen LogP contribution in [-0.4, -0.2) is 31.8 Å². The van der Waals surface area contributed by atoms with Gasteiger partial charge in [-0.2, -0.15) is 0 Å². The van der Waals surface area contributed by atoms with E-state index >= 15 is 0 Å². The van der Waals surface area contributed by atoms with Crippen molar-refractivity contribution in [1.82, 2.24) is 25.5 Å². The van der Waals surface area contributed by atoms with E-state index in [0.717, 1.165) is 27.5 Å². The molecule has 2 N–H and O–H groups in total. The molecule has 0 bridgehead atoms. The van der Waals surface area contributed by atoms with Gasteiger partial charge in [0.05, 0.1) is 5.75 Å². The van der Waals surface area contributed by atoms with E-state index in [9.17, 15) is 4.79 Å². The van der Waals surface area contributed by atoms with Crippen molar-refractivity contribution in [2.75, 3.05) is 5.75 Å². The molecular formula is C19H17N5OS. The molecule has 4 rings (SSSR count). The van der Waals surface area contributed by atoms with E-state index in [2.05, 4.69) is 31.5 Å². The Labute approximate surface area is 154 Å². The fourth-order valence-electron chi connectivity index (χ4n) is 2.71. The fraction of sp³-hybridized carbons (Fsp3) is 0.158. The minimum atomic E-state index is -0.0604. The van der Waals surface area contributed by atoms with Crippen LogP contribution in [0.1, 0.15) is 11.1 Å². The van der Waals surface area contributed by atoms with Gasteiger partial charge in [0.2, 0.25) is 11.1 Å². The van der Waals surface area contributed by atoms with Gasteiger partial charge in [0.1, 0.15) is 5.52 Å². The molecule has 2 aromatic heterocycles. The van der Waals surface area contributed by atoms with Crippen LogP contribution in [0.25, 0.3) is 22.1 Å². The molecule has 0 radical (unpaired) electrons. The molecule has 2 heterocycles. The quantitative estimate of drug-likeness (QED) is 0.532. The average Bonchev–Trinajstić information content (AvgIpc) is 3.02. The maximum absolute atomic E-state index is 12.0. The summed E-state index contributed by atoms with van der Waals surface area (Å²) in [6.45, 7) is 2.55. The zero-order valence-electron chi connectivity index (χ0n) is 14.2. The third-order valence-electron chi connectivity index (χ3n) is 4.02. The maximum Gasteiger partial charge on any atom is 0.230 e. The van der Waals surface area contributed by atoms with E-state index in [4.69, 9.17) is 0 Å². The summed E-state index contributed by atoms with van der Waals surface area (Å²) >= 11 is 1.27. The Morgan fingerprint density at radius 3 is 2.85 bits per heavy atom. The number of amides is 1. The van der Waals surface area contributed by atoms with Gasteiger partial charge >= 0.3 is 0 Å².